The van der Waals surface area contributed by atoms with Crippen LogP contribution in [0.4, 0.5) is 13.2 Å². The van der Waals surface area contributed by atoms with Gasteiger partial charge in [0.1, 0.15) is 0 Å². The van der Waals surface area contributed by atoms with Crippen LogP contribution >= 0.6 is 11.3 Å². The van der Waals surface area contributed by atoms with Crippen LogP contribution in [0.15, 0.2) is 58.8 Å². The number of nitrogens with zero attached hydrogens (tertiary/aromatic N) is 2. The number of rotatable bonds is 6. The number of halogens is 3. The maximum Gasteiger partial charge on any atom is 0.416 e. The zero-order valence-corrected chi connectivity index (χ0v) is 20.2. The highest BCUT2D eigenvalue weighted by Crippen LogP contribution is 2.36. The Morgan fingerprint density at radius 3 is 2.53 bits per heavy atom. The van der Waals surface area contributed by atoms with Gasteiger partial charge in [0, 0.05) is 17.1 Å². The Morgan fingerprint density at radius 1 is 1.08 bits per heavy atom. The smallest absolute Gasteiger partial charge is 0.416 e. The van der Waals surface area contributed by atoms with Crippen LogP contribution in [-0.2, 0) is 6.18 Å². The maximum atomic E-state index is 13.3. The molecule has 2 heterocycles. The Morgan fingerprint density at radius 2 is 1.83 bits per heavy atom. The van der Waals surface area contributed by atoms with Crippen molar-refractivity contribution in [3.63, 3.8) is 0 Å². The van der Waals surface area contributed by atoms with Gasteiger partial charge in [-0.05, 0) is 61.6 Å². The summed E-state index contributed by atoms with van der Waals surface area (Å²) in [5.41, 5.74) is 0.558. The second-order valence-electron chi connectivity index (χ2n) is 8.54. The summed E-state index contributed by atoms with van der Waals surface area (Å²) in [6.45, 7) is 0. The highest BCUT2D eigenvalue weighted by atomic mass is 32.1. The van der Waals surface area contributed by atoms with E-state index in [1.807, 2.05) is 18.2 Å². The standard InChI is InChI=1S/C27H23F3N2O3S/c1-34-22-8-4-5-18(24(22)35-20-6-2-3-7-20)11-14-21-23(25(33)32-15-16-36-26(32)31-21)17-9-12-19(13-10-17)27(28,29)30/h4-5,8-16,20H,2-3,6-7H2,1H3/b14-11+. The molecule has 0 amide bonds. The fraction of sp³-hybridized carbons (Fsp3) is 0.259. The number of hydrogen-bond donors (Lipinski definition) is 0. The van der Waals surface area contributed by atoms with Crippen molar-refractivity contribution in [2.75, 3.05) is 7.11 Å². The molecule has 1 saturated carbocycles. The summed E-state index contributed by atoms with van der Waals surface area (Å²) in [4.78, 5) is 18.5. The monoisotopic (exact) mass is 512 g/mol. The topological polar surface area (TPSA) is 52.8 Å². The third-order valence-corrected chi connectivity index (χ3v) is 6.99. The molecule has 9 heteroatoms. The van der Waals surface area contributed by atoms with Gasteiger partial charge >= 0.3 is 6.18 Å². The molecular formula is C27H23F3N2O3S. The second kappa shape index (κ2) is 9.81. The quantitative estimate of drug-likeness (QED) is 0.281. The summed E-state index contributed by atoms with van der Waals surface area (Å²) in [5, 5.41) is 1.74. The summed E-state index contributed by atoms with van der Waals surface area (Å²) in [5.74, 6) is 1.22. The van der Waals surface area contributed by atoms with Crippen molar-refractivity contribution in [2.45, 2.75) is 38.0 Å². The Balaban J connectivity index is 1.60. The van der Waals surface area contributed by atoms with Gasteiger partial charge in [0.05, 0.1) is 30.0 Å². The molecule has 2 aromatic carbocycles. The van der Waals surface area contributed by atoms with Crippen molar-refractivity contribution in [3.8, 4) is 22.6 Å². The van der Waals surface area contributed by atoms with Crippen molar-refractivity contribution in [3.05, 3.63) is 81.2 Å². The Hall–Kier alpha value is -3.59. The molecule has 5 rings (SSSR count). The first-order valence-electron chi connectivity index (χ1n) is 11.5. The normalized spacial score (nSPS) is 14.7. The third kappa shape index (κ3) is 4.75. The molecular weight excluding hydrogens is 489 g/mol. The molecule has 2 aromatic heterocycles. The van der Waals surface area contributed by atoms with Gasteiger partial charge in [-0.25, -0.2) is 4.98 Å². The van der Waals surface area contributed by atoms with Crippen molar-refractivity contribution < 1.29 is 22.6 Å². The Bertz CT molecular complexity index is 1470. The van der Waals surface area contributed by atoms with E-state index in [0.717, 1.165) is 43.4 Å². The average molecular weight is 513 g/mol. The zero-order chi connectivity index (χ0) is 25.3. The highest BCUT2D eigenvalue weighted by molar-refractivity contribution is 7.15. The number of thiazole rings is 1. The molecule has 5 nitrogen and oxygen atoms in total. The number of fused-ring (bicyclic) bond motifs is 1. The molecule has 0 bridgehead atoms. The van der Waals surface area contributed by atoms with Crippen molar-refractivity contribution >= 4 is 28.4 Å². The van der Waals surface area contributed by atoms with E-state index in [2.05, 4.69) is 4.98 Å². The molecule has 0 unspecified atom stereocenters. The Labute approximate surface area is 209 Å². The maximum absolute atomic E-state index is 13.3. The zero-order valence-electron chi connectivity index (χ0n) is 19.4. The summed E-state index contributed by atoms with van der Waals surface area (Å²) >= 11 is 1.30. The summed E-state index contributed by atoms with van der Waals surface area (Å²) in [6, 6.07) is 10.1. The second-order valence-corrected chi connectivity index (χ2v) is 9.42. The molecule has 36 heavy (non-hydrogen) atoms. The minimum atomic E-state index is -4.46. The van der Waals surface area contributed by atoms with E-state index in [9.17, 15) is 18.0 Å². The summed E-state index contributed by atoms with van der Waals surface area (Å²) < 4.78 is 52.5. The van der Waals surface area contributed by atoms with Crippen LogP contribution in [0.2, 0.25) is 0 Å². The molecule has 4 aromatic rings. The highest BCUT2D eigenvalue weighted by Gasteiger charge is 2.30. The average Bonchev–Trinajstić information content (AvgIpc) is 3.55. The fourth-order valence-corrected chi connectivity index (χ4v) is 5.12. The molecule has 186 valence electrons. The van der Waals surface area contributed by atoms with Crippen LogP contribution in [0, 0.1) is 0 Å². The Kier molecular flexibility index (Phi) is 6.57. The van der Waals surface area contributed by atoms with Crippen LogP contribution in [-0.4, -0.2) is 22.6 Å². The number of ether oxygens (including phenoxy) is 2. The SMILES string of the molecule is COc1cccc(/C=C/c2nc3sccn3c(=O)c2-c2ccc(C(F)(F)F)cc2)c1OC1CCCC1. The van der Waals surface area contributed by atoms with Crippen molar-refractivity contribution in [1.82, 2.24) is 9.38 Å². The van der Waals surface area contributed by atoms with Gasteiger partial charge in [-0.2, -0.15) is 13.2 Å². The molecule has 0 spiro atoms. The van der Waals surface area contributed by atoms with Gasteiger partial charge in [-0.15, -0.1) is 11.3 Å². The van der Waals surface area contributed by atoms with E-state index in [-0.39, 0.29) is 17.2 Å². The van der Waals surface area contributed by atoms with Gasteiger partial charge in [0.25, 0.3) is 5.56 Å². The molecule has 1 aliphatic carbocycles. The molecule has 0 atom stereocenters. The van der Waals surface area contributed by atoms with Gasteiger partial charge in [-0.3, -0.25) is 9.20 Å². The van der Waals surface area contributed by atoms with Crippen LogP contribution in [0.5, 0.6) is 11.5 Å². The molecule has 0 N–H and O–H groups in total. The molecule has 0 saturated heterocycles. The first-order chi connectivity index (χ1) is 17.3. The number of alkyl halides is 3. The number of methoxy groups -OCH3 is 1. The van der Waals surface area contributed by atoms with Crippen molar-refractivity contribution in [1.29, 1.82) is 0 Å². The number of aromatic nitrogens is 2. The lowest BCUT2D eigenvalue weighted by molar-refractivity contribution is -0.137. The number of para-hydroxylation sites is 1. The van der Waals surface area contributed by atoms with E-state index in [0.29, 0.717) is 27.7 Å². The lowest BCUT2D eigenvalue weighted by Crippen LogP contribution is -2.17. The fourth-order valence-electron chi connectivity index (χ4n) is 4.41. The third-order valence-electron chi connectivity index (χ3n) is 6.23. The number of hydrogen-bond acceptors (Lipinski definition) is 5. The lowest BCUT2D eigenvalue weighted by Gasteiger charge is -2.18. The van der Waals surface area contributed by atoms with E-state index < -0.39 is 11.7 Å². The predicted octanol–water partition coefficient (Wildman–Crippen LogP) is 6.94. The minimum absolute atomic E-state index is 0.112. The van der Waals surface area contributed by atoms with Gasteiger partial charge in [0.2, 0.25) is 0 Å². The van der Waals surface area contributed by atoms with Crippen LogP contribution in [0.25, 0.3) is 28.2 Å². The molecule has 1 aliphatic rings. The van der Waals surface area contributed by atoms with E-state index in [1.165, 1.54) is 27.9 Å². The van der Waals surface area contributed by atoms with E-state index in [1.54, 1.807) is 30.8 Å². The first-order valence-corrected chi connectivity index (χ1v) is 12.4. The van der Waals surface area contributed by atoms with Gasteiger partial charge < -0.3 is 9.47 Å². The minimum Gasteiger partial charge on any atom is -0.493 e. The summed E-state index contributed by atoms with van der Waals surface area (Å²) in [6.07, 6.45) is 4.95. The van der Waals surface area contributed by atoms with E-state index in [4.69, 9.17) is 9.47 Å². The van der Waals surface area contributed by atoms with E-state index >= 15 is 0 Å². The first kappa shape index (κ1) is 24.1. The largest absolute Gasteiger partial charge is 0.493 e. The predicted molar refractivity (Wildman–Crippen MR) is 135 cm³/mol. The van der Waals surface area contributed by atoms with Gasteiger partial charge in [-0.1, -0.05) is 24.3 Å². The van der Waals surface area contributed by atoms with Crippen LogP contribution in [0.1, 0.15) is 42.5 Å². The lowest BCUT2D eigenvalue weighted by atomic mass is 10.0. The molecule has 0 aliphatic heterocycles. The van der Waals surface area contributed by atoms with Crippen LogP contribution < -0.4 is 15.0 Å². The number of benzene rings is 2. The van der Waals surface area contributed by atoms with Crippen molar-refractivity contribution in [2.24, 2.45) is 0 Å². The van der Waals surface area contributed by atoms with Crippen LogP contribution in [0.3, 0.4) is 0 Å². The summed E-state index contributed by atoms with van der Waals surface area (Å²) in [7, 11) is 1.58. The van der Waals surface area contributed by atoms with Gasteiger partial charge in [0.15, 0.2) is 16.5 Å². The molecule has 0 radical (unpaired) electrons. The molecule has 1 fully saturated rings.